The second-order valence-electron chi connectivity index (χ2n) is 9.81. The summed E-state index contributed by atoms with van der Waals surface area (Å²) >= 11 is 0. The zero-order valence-corrected chi connectivity index (χ0v) is 17.2. The fraction of sp³-hybridized carbons (Fsp3) is 0.739. The molecule has 1 aromatic carbocycles. The van der Waals surface area contributed by atoms with E-state index in [4.69, 9.17) is 0 Å². The number of unbranched alkanes of at least 4 members (excludes halogenated alkanes) is 3. The highest BCUT2D eigenvalue weighted by molar-refractivity contribution is 5.39. The van der Waals surface area contributed by atoms with Crippen molar-refractivity contribution in [1.82, 2.24) is 0 Å². The first-order chi connectivity index (χ1) is 11.0. The van der Waals surface area contributed by atoms with Gasteiger partial charge in [0.2, 0.25) is 0 Å². The minimum Gasteiger partial charge on any atom is -0.508 e. The van der Waals surface area contributed by atoms with Gasteiger partial charge in [0.25, 0.3) is 0 Å². The minimum atomic E-state index is 0.137. The third-order valence-corrected chi connectivity index (χ3v) is 4.81. The average molecular weight is 333 g/mol. The third kappa shape index (κ3) is 7.73. The molecule has 0 aliphatic carbocycles. The van der Waals surface area contributed by atoms with Crippen LogP contribution in [-0.2, 0) is 11.8 Å². The summed E-state index contributed by atoms with van der Waals surface area (Å²) in [5.74, 6) is 1.28. The number of hydrogen-bond donors (Lipinski definition) is 1. The van der Waals surface area contributed by atoms with E-state index in [1.807, 2.05) is 6.07 Å². The van der Waals surface area contributed by atoms with Gasteiger partial charge in [0.1, 0.15) is 5.75 Å². The van der Waals surface area contributed by atoms with Crippen LogP contribution in [0.1, 0.15) is 98.1 Å². The Balaban J connectivity index is 2.63. The molecule has 1 aromatic rings. The van der Waals surface area contributed by atoms with Gasteiger partial charge < -0.3 is 5.11 Å². The van der Waals surface area contributed by atoms with Crippen molar-refractivity contribution in [3.63, 3.8) is 0 Å². The van der Waals surface area contributed by atoms with Crippen LogP contribution in [0.25, 0.3) is 0 Å². The minimum absolute atomic E-state index is 0.137. The number of aromatic hydroxyl groups is 1. The Bertz CT molecular complexity index is 491. The molecule has 1 rings (SSSR count). The van der Waals surface area contributed by atoms with Crippen molar-refractivity contribution in [1.29, 1.82) is 0 Å². The van der Waals surface area contributed by atoms with Crippen molar-refractivity contribution >= 4 is 0 Å². The van der Waals surface area contributed by atoms with Crippen LogP contribution < -0.4 is 0 Å². The molecule has 0 unspecified atom stereocenters. The highest BCUT2D eigenvalue weighted by Gasteiger charge is 2.27. The Hall–Kier alpha value is -0.980. The first-order valence-corrected chi connectivity index (χ1v) is 9.84. The van der Waals surface area contributed by atoms with Crippen molar-refractivity contribution in [2.24, 2.45) is 11.3 Å². The molecule has 0 aliphatic rings. The molecule has 0 heterocycles. The molecule has 1 heteroatoms. The lowest BCUT2D eigenvalue weighted by atomic mass is 9.72. The van der Waals surface area contributed by atoms with Gasteiger partial charge in [-0.15, -0.1) is 0 Å². The van der Waals surface area contributed by atoms with Crippen LogP contribution in [0.4, 0.5) is 0 Å². The van der Waals surface area contributed by atoms with E-state index in [1.165, 1.54) is 37.7 Å². The predicted octanol–water partition coefficient (Wildman–Crippen LogP) is 7.26. The van der Waals surface area contributed by atoms with Crippen LogP contribution in [0.5, 0.6) is 5.75 Å². The quantitative estimate of drug-likeness (QED) is 0.472. The molecule has 138 valence electrons. The smallest absolute Gasteiger partial charge is 0.118 e. The van der Waals surface area contributed by atoms with Crippen LogP contribution in [0.15, 0.2) is 18.2 Å². The van der Waals surface area contributed by atoms with Gasteiger partial charge in [-0.1, -0.05) is 86.3 Å². The number of phenols is 1. The van der Waals surface area contributed by atoms with E-state index in [1.54, 1.807) is 0 Å². The number of phenolic OH excluding ortho intramolecular Hbond substituents is 1. The van der Waals surface area contributed by atoms with E-state index in [2.05, 4.69) is 60.6 Å². The lowest BCUT2D eigenvalue weighted by Crippen LogP contribution is -2.24. The lowest BCUT2D eigenvalue weighted by molar-refractivity contribution is 0.284. The monoisotopic (exact) mass is 332 g/mol. The maximum Gasteiger partial charge on any atom is 0.118 e. The van der Waals surface area contributed by atoms with Gasteiger partial charge in [-0.05, 0) is 53.2 Å². The van der Waals surface area contributed by atoms with E-state index in [-0.39, 0.29) is 5.41 Å². The molecular weight excluding hydrogens is 292 g/mol. The zero-order valence-electron chi connectivity index (χ0n) is 17.2. The summed E-state index contributed by atoms with van der Waals surface area (Å²) < 4.78 is 0. The molecule has 0 aromatic heterocycles. The molecule has 1 nitrogen and oxygen atoms in total. The second-order valence-corrected chi connectivity index (χ2v) is 9.81. The number of hydrogen-bond acceptors (Lipinski definition) is 1. The molecule has 1 N–H and O–H groups in total. The number of benzene rings is 1. The van der Waals surface area contributed by atoms with Crippen molar-refractivity contribution in [3.05, 3.63) is 29.3 Å². The van der Waals surface area contributed by atoms with Crippen molar-refractivity contribution in [2.75, 3.05) is 0 Å². The fourth-order valence-electron chi connectivity index (χ4n) is 3.86. The largest absolute Gasteiger partial charge is 0.508 e. The number of rotatable bonds is 9. The van der Waals surface area contributed by atoms with Crippen LogP contribution in [0.3, 0.4) is 0 Å². The maximum atomic E-state index is 10.2. The average Bonchev–Trinajstić information content (AvgIpc) is 2.41. The van der Waals surface area contributed by atoms with Gasteiger partial charge in [-0.25, -0.2) is 0 Å². The summed E-state index contributed by atoms with van der Waals surface area (Å²) in [6.07, 6.45) is 8.56. The molecule has 0 saturated heterocycles. The summed E-state index contributed by atoms with van der Waals surface area (Å²) in [6.45, 7) is 16.1. The molecular formula is C23H40O. The van der Waals surface area contributed by atoms with E-state index in [0.29, 0.717) is 11.2 Å². The van der Waals surface area contributed by atoms with E-state index >= 15 is 0 Å². The molecule has 0 saturated carbocycles. The molecule has 0 bridgehead atoms. The van der Waals surface area contributed by atoms with Gasteiger partial charge >= 0.3 is 0 Å². The first-order valence-electron chi connectivity index (χ1n) is 9.84. The molecule has 0 aliphatic heterocycles. The summed E-state index contributed by atoms with van der Waals surface area (Å²) in [4.78, 5) is 0. The Kier molecular flexibility index (Phi) is 7.83. The maximum absolute atomic E-state index is 10.2. The SMILES string of the molecule is CC(C)CCCCCCc1cc(C(C)(C)CC(C)(C)C)ccc1O. The molecule has 0 spiro atoms. The van der Waals surface area contributed by atoms with Crippen LogP contribution in [-0.4, -0.2) is 5.11 Å². The van der Waals surface area contributed by atoms with Gasteiger partial charge in [0.05, 0.1) is 0 Å². The topological polar surface area (TPSA) is 20.2 Å². The van der Waals surface area contributed by atoms with E-state index < -0.39 is 0 Å². The van der Waals surface area contributed by atoms with E-state index in [0.717, 1.165) is 24.3 Å². The lowest BCUT2D eigenvalue weighted by Gasteiger charge is -2.33. The highest BCUT2D eigenvalue weighted by Crippen LogP contribution is 2.37. The highest BCUT2D eigenvalue weighted by atomic mass is 16.3. The Labute approximate surface area is 150 Å². The third-order valence-electron chi connectivity index (χ3n) is 4.81. The van der Waals surface area contributed by atoms with Gasteiger partial charge in [0, 0.05) is 0 Å². The van der Waals surface area contributed by atoms with Gasteiger partial charge in [-0.2, -0.15) is 0 Å². The molecule has 0 atom stereocenters. The Morgan fingerprint density at radius 2 is 1.54 bits per heavy atom. The molecule has 0 fully saturated rings. The zero-order chi connectivity index (χ0) is 18.4. The summed E-state index contributed by atoms with van der Waals surface area (Å²) in [5, 5.41) is 10.2. The first kappa shape index (κ1) is 21.1. The van der Waals surface area contributed by atoms with Crippen molar-refractivity contribution in [3.8, 4) is 5.75 Å². The standard InChI is InChI=1S/C23H40O/c1-18(2)12-10-8-9-11-13-19-16-20(14-15-21(19)24)23(6,7)17-22(3,4)5/h14-16,18,24H,8-13,17H2,1-7H3. The second kappa shape index (κ2) is 8.92. The summed E-state index contributed by atoms with van der Waals surface area (Å²) in [6, 6.07) is 6.25. The van der Waals surface area contributed by atoms with Crippen molar-refractivity contribution < 1.29 is 5.11 Å². The Morgan fingerprint density at radius 3 is 2.12 bits per heavy atom. The van der Waals surface area contributed by atoms with Crippen LogP contribution in [0.2, 0.25) is 0 Å². The van der Waals surface area contributed by atoms with Crippen molar-refractivity contribution in [2.45, 2.75) is 98.8 Å². The normalized spacial score (nSPS) is 12.8. The van der Waals surface area contributed by atoms with E-state index in [9.17, 15) is 5.11 Å². The summed E-state index contributed by atoms with van der Waals surface area (Å²) in [5.41, 5.74) is 2.92. The molecule has 0 radical (unpaired) electrons. The van der Waals surface area contributed by atoms with Gasteiger partial charge in [-0.3, -0.25) is 0 Å². The van der Waals surface area contributed by atoms with Gasteiger partial charge in [0.15, 0.2) is 0 Å². The van der Waals surface area contributed by atoms with Crippen LogP contribution in [0, 0.1) is 11.3 Å². The molecule has 24 heavy (non-hydrogen) atoms. The fourth-order valence-corrected chi connectivity index (χ4v) is 3.86. The molecule has 0 amide bonds. The Morgan fingerprint density at radius 1 is 0.917 bits per heavy atom. The predicted molar refractivity (Wildman–Crippen MR) is 107 cm³/mol. The number of aryl methyl sites for hydroxylation is 1. The summed E-state index contributed by atoms with van der Waals surface area (Å²) in [7, 11) is 0. The van der Waals surface area contributed by atoms with Crippen LogP contribution >= 0.6 is 0 Å².